The SMILES string of the molecule is c1cnc(N2CCN(Cc3cnc(N4CCOCC4)n4nc(-c5ccco5)nc34)CC2)nc1. The van der Waals surface area contributed by atoms with E-state index in [4.69, 9.17) is 24.2 Å². The highest BCUT2D eigenvalue weighted by Crippen LogP contribution is 2.24. The molecule has 0 radical (unpaired) electrons. The molecule has 6 rings (SSSR count). The Morgan fingerprint density at radius 3 is 2.45 bits per heavy atom. The van der Waals surface area contributed by atoms with Gasteiger partial charge in [0.15, 0.2) is 11.4 Å². The Kier molecular flexibility index (Phi) is 5.32. The van der Waals surface area contributed by atoms with Gasteiger partial charge in [0, 0.05) is 70.0 Å². The van der Waals surface area contributed by atoms with Crippen LogP contribution in [0.5, 0.6) is 0 Å². The number of rotatable bonds is 5. The number of hydrogen-bond donors (Lipinski definition) is 0. The first-order chi connectivity index (χ1) is 16.3. The molecule has 4 aromatic heterocycles. The molecular formula is C22H25N9O2. The maximum absolute atomic E-state index is 5.56. The summed E-state index contributed by atoms with van der Waals surface area (Å²) in [5.74, 6) is 2.79. The number of morpholine rings is 1. The average Bonchev–Trinajstić information content (AvgIpc) is 3.57. The Hall–Kier alpha value is -3.57. The summed E-state index contributed by atoms with van der Waals surface area (Å²) >= 11 is 0. The molecule has 0 amide bonds. The monoisotopic (exact) mass is 447 g/mol. The van der Waals surface area contributed by atoms with Crippen LogP contribution >= 0.6 is 0 Å². The van der Waals surface area contributed by atoms with E-state index in [2.05, 4.69) is 24.7 Å². The molecule has 11 heteroatoms. The third-order valence-electron chi connectivity index (χ3n) is 6.06. The number of aromatic nitrogens is 6. The first-order valence-corrected chi connectivity index (χ1v) is 11.2. The molecule has 11 nitrogen and oxygen atoms in total. The minimum atomic E-state index is 0.565. The van der Waals surface area contributed by atoms with Gasteiger partial charge in [-0.25, -0.2) is 19.9 Å². The summed E-state index contributed by atoms with van der Waals surface area (Å²) in [5, 5.41) is 4.76. The second-order valence-corrected chi connectivity index (χ2v) is 8.14. The molecule has 2 aliphatic rings. The fourth-order valence-electron chi connectivity index (χ4n) is 4.31. The van der Waals surface area contributed by atoms with Crippen LogP contribution in [0.3, 0.4) is 0 Å². The van der Waals surface area contributed by atoms with Crippen molar-refractivity contribution in [3.8, 4) is 11.6 Å². The zero-order valence-electron chi connectivity index (χ0n) is 18.2. The van der Waals surface area contributed by atoms with Crippen LogP contribution in [-0.2, 0) is 11.3 Å². The standard InChI is InChI=1S/C22H25N9O2/c1-3-18(33-12-1)19-26-20-17(15-25-22(31(20)27-19)30-10-13-32-14-11-30)16-28-6-8-29(9-7-28)21-23-4-2-5-24-21/h1-5,12,15H,6-11,13-14,16H2. The van der Waals surface area contributed by atoms with Gasteiger partial charge in [-0.15, -0.1) is 5.10 Å². The third-order valence-corrected chi connectivity index (χ3v) is 6.06. The van der Waals surface area contributed by atoms with Crippen molar-refractivity contribution in [1.29, 1.82) is 0 Å². The van der Waals surface area contributed by atoms with Crippen molar-refractivity contribution in [2.24, 2.45) is 0 Å². The number of hydrogen-bond acceptors (Lipinski definition) is 10. The van der Waals surface area contributed by atoms with Gasteiger partial charge in [0.05, 0.1) is 19.5 Å². The first-order valence-electron chi connectivity index (χ1n) is 11.2. The maximum Gasteiger partial charge on any atom is 0.228 e. The normalized spacial score (nSPS) is 17.7. The fraction of sp³-hybridized carbons (Fsp3) is 0.409. The van der Waals surface area contributed by atoms with Crippen LogP contribution < -0.4 is 9.80 Å². The van der Waals surface area contributed by atoms with Gasteiger partial charge in [-0.05, 0) is 18.2 Å². The van der Waals surface area contributed by atoms with Gasteiger partial charge in [0.1, 0.15) is 0 Å². The van der Waals surface area contributed by atoms with Crippen molar-refractivity contribution in [3.63, 3.8) is 0 Å². The predicted molar refractivity (Wildman–Crippen MR) is 121 cm³/mol. The highest BCUT2D eigenvalue weighted by atomic mass is 16.5. The molecule has 2 fully saturated rings. The predicted octanol–water partition coefficient (Wildman–Crippen LogP) is 1.33. The second kappa shape index (κ2) is 8.75. The summed E-state index contributed by atoms with van der Waals surface area (Å²) in [6.45, 7) is 7.25. The van der Waals surface area contributed by atoms with Crippen LogP contribution in [0.4, 0.5) is 11.9 Å². The highest BCUT2D eigenvalue weighted by molar-refractivity contribution is 5.58. The molecule has 0 spiro atoms. The van der Waals surface area contributed by atoms with E-state index in [9.17, 15) is 0 Å². The van der Waals surface area contributed by atoms with Crippen LogP contribution in [0.15, 0.2) is 47.5 Å². The molecule has 0 N–H and O–H groups in total. The Labute approximate surface area is 190 Å². The quantitative estimate of drug-likeness (QED) is 0.445. The van der Waals surface area contributed by atoms with Crippen LogP contribution in [0, 0.1) is 0 Å². The van der Waals surface area contributed by atoms with Gasteiger partial charge in [-0.3, -0.25) is 4.90 Å². The molecule has 0 bridgehead atoms. The smallest absolute Gasteiger partial charge is 0.228 e. The van der Waals surface area contributed by atoms with Crippen molar-refractivity contribution in [2.75, 3.05) is 62.3 Å². The second-order valence-electron chi connectivity index (χ2n) is 8.14. The van der Waals surface area contributed by atoms with Crippen LogP contribution in [-0.4, -0.2) is 86.9 Å². The lowest BCUT2D eigenvalue weighted by Gasteiger charge is -2.34. The van der Waals surface area contributed by atoms with Gasteiger partial charge < -0.3 is 19.0 Å². The fourth-order valence-corrected chi connectivity index (χ4v) is 4.31. The Balaban J connectivity index is 1.27. The molecule has 2 aliphatic heterocycles. The van der Waals surface area contributed by atoms with Crippen molar-refractivity contribution in [3.05, 3.63) is 48.6 Å². The van der Waals surface area contributed by atoms with Crippen molar-refractivity contribution < 1.29 is 9.15 Å². The van der Waals surface area contributed by atoms with Gasteiger partial charge in [0.2, 0.25) is 17.7 Å². The molecule has 170 valence electrons. The van der Waals surface area contributed by atoms with E-state index >= 15 is 0 Å². The molecule has 4 aromatic rings. The van der Waals surface area contributed by atoms with E-state index < -0.39 is 0 Å². The summed E-state index contributed by atoms with van der Waals surface area (Å²) in [5.41, 5.74) is 1.86. The largest absolute Gasteiger partial charge is 0.461 e. The molecule has 0 aromatic carbocycles. The minimum absolute atomic E-state index is 0.565. The van der Waals surface area contributed by atoms with E-state index in [1.54, 1.807) is 18.7 Å². The number of fused-ring (bicyclic) bond motifs is 1. The first kappa shape index (κ1) is 20.1. The zero-order valence-corrected chi connectivity index (χ0v) is 18.2. The van der Waals surface area contributed by atoms with E-state index in [0.29, 0.717) is 24.8 Å². The minimum Gasteiger partial charge on any atom is -0.461 e. The lowest BCUT2D eigenvalue weighted by Crippen LogP contribution is -2.46. The van der Waals surface area contributed by atoms with Crippen LogP contribution in [0.1, 0.15) is 5.56 Å². The van der Waals surface area contributed by atoms with E-state index in [1.165, 1.54) is 0 Å². The summed E-state index contributed by atoms with van der Waals surface area (Å²) in [4.78, 5) is 25.2. The molecule has 6 heterocycles. The number of anilines is 2. The lowest BCUT2D eigenvalue weighted by molar-refractivity contribution is 0.122. The number of piperazine rings is 1. The highest BCUT2D eigenvalue weighted by Gasteiger charge is 2.24. The topological polar surface area (TPSA) is 101 Å². The zero-order chi connectivity index (χ0) is 22.0. The van der Waals surface area contributed by atoms with Gasteiger partial charge in [0.25, 0.3) is 0 Å². The Bertz CT molecular complexity index is 1200. The summed E-state index contributed by atoms with van der Waals surface area (Å²) in [7, 11) is 0. The molecule has 2 saturated heterocycles. The number of ether oxygens (including phenoxy) is 1. The number of furan rings is 1. The molecule has 0 saturated carbocycles. The molecule has 0 unspecified atom stereocenters. The van der Waals surface area contributed by atoms with E-state index in [0.717, 1.165) is 68.9 Å². The summed E-state index contributed by atoms with van der Waals surface area (Å²) < 4.78 is 12.9. The summed E-state index contributed by atoms with van der Waals surface area (Å²) in [6, 6.07) is 5.56. The molecular weight excluding hydrogens is 422 g/mol. The Morgan fingerprint density at radius 1 is 0.879 bits per heavy atom. The lowest BCUT2D eigenvalue weighted by atomic mass is 10.2. The van der Waals surface area contributed by atoms with Gasteiger partial charge in [-0.1, -0.05) is 0 Å². The van der Waals surface area contributed by atoms with E-state index in [1.807, 2.05) is 28.9 Å². The maximum atomic E-state index is 5.56. The Morgan fingerprint density at radius 2 is 1.70 bits per heavy atom. The van der Waals surface area contributed by atoms with E-state index in [-0.39, 0.29) is 0 Å². The third kappa shape index (κ3) is 4.00. The molecule has 33 heavy (non-hydrogen) atoms. The van der Waals surface area contributed by atoms with Crippen molar-refractivity contribution in [2.45, 2.75) is 6.54 Å². The summed E-state index contributed by atoms with van der Waals surface area (Å²) in [6.07, 6.45) is 7.15. The molecule has 0 atom stereocenters. The van der Waals surface area contributed by atoms with Crippen molar-refractivity contribution in [1.82, 2.24) is 34.4 Å². The van der Waals surface area contributed by atoms with Crippen molar-refractivity contribution >= 4 is 17.5 Å². The average molecular weight is 448 g/mol. The van der Waals surface area contributed by atoms with Gasteiger partial charge >= 0.3 is 0 Å². The van der Waals surface area contributed by atoms with Gasteiger partial charge in [-0.2, -0.15) is 4.52 Å². The number of nitrogens with zero attached hydrogens (tertiary/aromatic N) is 9. The molecule has 0 aliphatic carbocycles. The van der Waals surface area contributed by atoms with Crippen LogP contribution in [0.25, 0.3) is 17.2 Å². The van der Waals surface area contributed by atoms with Crippen LogP contribution in [0.2, 0.25) is 0 Å².